The lowest BCUT2D eigenvalue weighted by atomic mass is 9.43. The van der Waals surface area contributed by atoms with E-state index in [0.717, 1.165) is 110 Å². The molecular formula is C36H66N4O5. The SMILES string of the molecule is CC(=O)NCCCNCCCCNCCCNC(=O)CC[C@@H](C)[C@H]1CC[C@H]2[C@@H]3[C@H](O)C[C@@H]4C[C@H](O)CC[C@]4(C)[C@H]3C[C@H](O)[C@]12C. The maximum atomic E-state index is 12.7. The first-order chi connectivity index (χ1) is 21.5. The molecule has 0 aliphatic heterocycles. The third-order valence-electron chi connectivity index (χ3n) is 13.1. The molecule has 45 heavy (non-hydrogen) atoms. The van der Waals surface area contributed by atoms with E-state index in [1.54, 1.807) is 6.92 Å². The summed E-state index contributed by atoms with van der Waals surface area (Å²) in [6.45, 7) is 13.7. The van der Waals surface area contributed by atoms with Crippen LogP contribution >= 0.6 is 0 Å². The summed E-state index contributed by atoms with van der Waals surface area (Å²) in [4.78, 5) is 23.5. The minimum absolute atomic E-state index is 0.0261. The highest BCUT2D eigenvalue weighted by Crippen LogP contribution is 2.68. The van der Waals surface area contributed by atoms with Gasteiger partial charge in [0.25, 0.3) is 0 Å². The molecule has 0 spiro atoms. The second kappa shape index (κ2) is 16.7. The second-order valence-corrected chi connectivity index (χ2v) is 15.8. The van der Waals surface area contributed by atoms with Gasteiger partial charge >= 0.3 is 0 Å². The highest BCUT2D eigenvalue weighted by Gasteiger charge is 2.65. The van der Waals surface area contributed by atoms with E-state index in [4.69, 9.17) is 0 Å². The zero-order valence-electron chi connectivity index (χ0n) is 28.8. The van der Waals surface area contributed by atoms with Gasteiger partial charge in [0.2, 0.25) is 11.8 Å². The van der Waals surface area contributed by atoms with E-state index in [-0.39, 0.29) is 46.9 Å². The van der Waals surface area contributed by atoms with Crippen LogP contribution in [0.25, 0.3) is 0 Å². The van der Waals surface area contributed by atoms with Gasteiger partial charge in [-0.3, -0.25) is 9.59 Å². The largest absolute Gasteiger partial charge is 0.393 e. The third kappa shape index (κ3) is 8.81. The zero-order valence-corrected chi connectivity index (χ0v) is 28.8. The molecule has 4 fully saturated rings. The van der Waals surface area contributed by atoms with Crippen molar-refractivity contribution in [2.24, 2.45) is 46.3 Å². The van der Waals surface area contributed by atoms with Crippen LogP contribution in [0.15, 0.2) is 0 Å². The maximum absolute atomic E-state index is 12.7. The molecule has 4 saturated carbocycles. The van der Waals surface area contributed by atoms with E-state index in [9.17, 15) is 24.9 Å². The molecule has 0 saturated heterocycles. The smallest absolute Gasteiger partial charge is 0.220 e. The molecule has 0 bridgehead atoms. The van der Waals surface area contributed by atoms with E-state index in [2.05, 4.69) is 42.0 Å². The van der Waals surface area contributed by atoms with Crippen LogP contribution < -0.4 is 21.3 Å². The topological polar surface area (TPSA) is 143 Å². The maximum Gasteiger partial charge on any atom is 0.220 e. The molecule has 0 aromatic heterocycles. The molecule has 4 rings (SSSR count). The predicted octanol–water partition coefficient (Wildman–Crippen LogP) is 3.36. The minimum Gasteiger partial charge on any atom is -0.393 e. The van der Waals surface area contributed by atoms with Gasteiger partial charge in [0.1, 0.15) is 0 Å². The van der Waals surface area contributed by atoms with E-state index in [0.29, 0.717) is 42.6 Å². The van der Waals surface area contributed by atoms with Crippen molar-refractivity contribution < 1.29 is 24.9 Å². The molecule has 9 nitrogen and oxygen atoms in total. The molecule has 2 amide bonds. The number of amides is 2. The summed E-state index contributed by atoms with van der Waals surface area (Å²) in [6, 6.07) is 0. The van der Waals surface area contributed by atoms with Crippen LogP contribution in [0, 0.1) is 46.3 Å². The first-order valence-corrected chi connectivity index (χ1v) is 18.4. The summed E-state index contributed by atoms with van der Waals surface area (Å²) >= 11 is 0. The molecule has 0 unspecified atom stereocenters. The number of carbonyl (C=O) groups excluding carboxylic acids is 2. The van der Waals surface area contributed by atoms with Gasteiger partial charge in [-0.1, -0.05) is 20.8 Å². The number of hydrogen-bond donors (Lipinski definition) is 7. The summed E-state index contributed by atoms with van der Waals surface area (Å²) in [7, 11) is 0. The quantitative estimate of drug-likeness (QED) is 0.122. The third-order valence-corrected chi connectivity index (χ3v) is 13.1. The van der Waals surface area contributed by atoms with Crippen molar-refractivity contribution in [2.45, 2.75) is 129 Å². The van der Waals surface area contributed by atoms with Crippen molar-refractivity contribution in [3.63, 3.8) is 0 Å². The van der Waals surface area contributed by atoms with E-state index in [1.807, 2.05) is 0 Å². The van der Waals surface area contributed by atoms with Gasteiger partial charge in [-0.2, -0.15) is 0 Å². The normalized spacial score (nSPS) is 38.1. The first-order valence-electron chi connectivity index (χ1n) is 18.4. The number of nitrogens with one attached hydrogen (secondary N) is 4. The Morgan fingerprint density at radius 3 is 2.11 bits per heavy atom. The molecule has 0 aromatic rings. The van der Waals surface area contributed by atoms with Gasteiger partial charge in [0.05, 0.1) is 18.3 Å². The summed E-state index contributed by atoms with van der Waals surface area (Å²) in [6.07, 6.45) is 10.8. The average molecular weight is 635 g/mol. The Balaban J connectivity index is 1.11. The Labute approximate surface area is 272 Å². The standard InChI is InChI=1S/C36H66N4O5/c1-24(9-12-33(45)40-20-8-18-38-16-6-5-15-37-17-7-19-39-25(2)41)28-10-11-29-34-30(23-32(44)36(28,29)4)35(3)14-13-27(42)21-26(35)22-31(34)43/h24,26-32,34,37-38,42-44H,5-23H2,1-4H3,(H,39,41)(H,40,45)/t24-,26+,27-,28-,29+,30+,31-,32+,34+,35+,36-/m1/s1. The van der Waals surface area contributed by atoms with Crippen molar-refractivity contribution >= 4 is 11.8 Å². The lowest BCUT2D eigenvalue weighted by Gasteiger charge is -2.63. The second-order valence-electron chi connectivity index (χ2n) is 15.8. The van der Waals surface area contributed by atoms with E-state index < -0.39 is 0 Å². The molecular weight excluding hydrogens is 568 g/mol. The van der Waals surface area contributed by atoms with Crippen LogP contribution in [0.1, 0.15) is 111 Å². The molecule has 260 valence electrons. The van der Waals surface area contributed by atoms with Crippen molar-refractivity contribution in [1.29, 1.82) is 0 Å². The Kier molecular flexibility index (Phi) is 13.6. The molecule has 0 radical (unpaired) electrons. The molecule has 4 aliphatic carbocycles. The van der Waals surface area contributed by atoms with Crippen LogP contribution in [0.5, 0.6) is 0 Å². The first kappa shape index (κ1) is 36.6. The lowest BCUT2D eigenvalue weighted by Crippen LogP contribution is -2.62. The fourth-order valence-corrected chi connectivity index (χ4v) is 10.4. The Morgan fingerprint density at radius 1 is 0.800 bits per heavy atom. The van der Waals surface area contributed by atoms with Gasteiger partial charge in [0, 0.05) is 26.4 Å². The molecule has 0 aromatic carbocycles. The van der Waals surface area contributed by atoms with Gasteiger partial charge in [-0.25, -0.2) is 0 Å². The summed E-state index contributed by atoms with van der Waals surface area (Å²) in [5.41, 5.74) is -0.123. The number of carbonyl (C=O) groups is 2. The lowest BCUT2D eigenvalue weighted by molar-refractivity contribution is -0.207. The highest BCUT2D eigenvalue weighted by atomic mass is 16.3. The fourth-order valence-electron chi connectivity index (χ4n) is 10.4. The van der Waals surface area contributed by atoms with Crippen molar-refractivity contribution in [2.75, 3.05) is 39.3 Å². The average Bonchev–Trinajstić information content (AvgIpc) is 3.35. The number of aliphatic hydroxyl groups excluding tert-OH is 3. The van der Waals surface area contributed by atoms with Crippen molar-refractivity contribution in [3.05, 3.63) is 0 Å². The van der Waals surface area contributed by atoms with Crippen LogP contribution in [-0.2, 0) is 9.59 Å². The van der Waals surface area contributed by atoms with Crippen LogP contribution in [0.4, 0.5) is 0 Å². The number of rotatable bonds is 17. The highest BCUT2D eigenvalue weighted by molar-refractivity contribution is 5.75. The van der Waals surface area contributed by atoms with Gasteiger partial charge in [-0.15, -0.1) is 0 Å². The molecule has 4 aliphatic rings. The van der Waals surface area contributed by atoms with Crippen molar-refractivity contribution in [1.82, 2.24) is 21.3 Å². The monoisotopic (exact) mass is 635 g/mol. The number of unbranched alkanes of at least 4 members (excludes halogenated alkanes) is 1. The Morgan fingerprint density at radius 2 is 1.44 bits per heavy atom. The van der Waals surface area contributed by atoms with Crippen LogP contribution in [0.2, 0.25) is 0 Å². The summed E-state index contributed by atoms with van der Waals surface area (Å²) < 4.78 is 0. The number of fused-ring (bicyclic) bond motifs is 5. The van der Waals surface area contributed by atoms with E-state index >= 15 is 0 Å². The summed E-state index contributed by atoms with van der Waals surface area (Å²) in [5.74, 6) is 2.06. The number of hydrogen-bond acceptors (Lipinski definition) is 7. The van der Waals surface area contributed by atoms with Gasteiger partial charge in [-0.05, 0) is 150 Å². The Hall–Kier alpha value is -1.26. The molecule has 7 N–H and O–H groups in total. The molecule has 0 heterocycles. The fraction of sp³-hybridized carbons (Fsp3) is 0.944. The number of aliphatic hydroxyl groups is 3. The van der Waals surface area contributed by atoms with Gasteiger partial charge < -0.3 is 36.6 Å². The molecule has 11 atom stereocenters. The minimum atomic E-state index is -0.382. The van der Waals surface area contributed by atoms with Gasteiger partial charge in [0.15, 0.2) is 0 Å². The van der Waals surface area contributed by atoms with Crippen LogP contribution in [0.3, 0.4) is 0 Å². The zero-order chi connectivity index (χ0) is 32.6. The predicted molar refractivity (Wildman–Crippen MR) is 178 cm³/mol. The van der Waals surface area contributed by atoms with Crippen molar-refractivity contribution in [3.8, 4) is 0 Å². The Bertz CT molecular complexity index is 952. The molecule has 9 heteroatoms. The van der Waals surface area contributed by atoms with E-state index in [1.165, 1.54) is 0 Å². The van der Waals surface area contributed by atoms with Crippen LogP contribution in [-0.4, -0.2) is 84.7 Å². The summed E-state index contributed by atoms with van der Waals surface area (Å²) in [5, 5.41) is 46.4.